The Kier molecular flexibility index (Phi) is 5.34. The van der Waals surface area contributed by atoms with Gasteiger partial charge < -0.3 is 10.4 Å². The van der Waals surface area contributed by atoms with Gasteiger partial charge in [0.15, 0.2) is 0 Å². The molecule has 0 aliphatic carbocycles. The SMILES string of the molecule is Cc1cc(C(=O)NC(C)(CC(=O)O)C(C)C)ccc1Br. The molecule has 0 aliphatic rings. The third-order valence-corrected chi connectivity index (χ3v) is 4.50. The van der Waals surface area contributed by atoms with Crippen LogP contribution in [-0.2, 0) is 4.79 Å². The average Bonchev–Trinajstić information content (AvgIpc) is 2.31. The minimum absolute atomic E-state index is 0.0131. The second-order valence-corrected chi connectivity index (χ2v) is 6.42. The van der Waals surface area contributed by atoms with Gasteiger partial charge in [0.25, 0.3) is 5.91 Å². The summed E-state index contributed by atoms with van der Waals surface area (Å²) in [6.45, 7) is 7.46. The van der Waals surface area contributed by atoms with E-state index in [-0.39, 0.29) is 18.2 Å². The zero-order valence-electron chi connectivity index (χ0n) is 12.2. The number of carbonyl (C=O) groups excluding carboxylic acids is 1. The van der Waals surface area contributed by atoms with Crippen LogP contribution in [0.2, 0.25) is 0 Å². The molecule has 20 heavy (non-hydrogen) atoms. The van der Waals surface area contributed by atoms with Gasteiger partial charge in [0, 0.05) is 10.0 Å². The Hall–Kier alpha value is -1.36. The Labute approximate surface area is 127 Å². The second kappa shape index (κ2) is 6.39. The molecule has 0 spiro atoms. The molecule has 0 bridgehead atoms. The first-order valence-electron chi connectivity index (χ1n) is 6.46. The van der Waals surface area contributed by atoms with Crippen LogP contribution in [0.1, 0.15) is 43.1 Å². The molecule has 1 rings (SSSR count). The van der Waals surface area contributed by atoms with E-state index in [9.17, 15) is 9.59 Å². The molecule has 0 radical (unpaired) electrons. The highest BCUT2D eigenvalue weighted by atomic mass is 79.9. The van der Waals surface area contributed by atoms with E-state index < -0.39 is 11.5 Å². The lowest BCUT2D eigenvalue weighted by Crippen LogP contribution is -2.51. The first kappa shape index (κ1) is 16.7. The minimum Gasteiger partial charge on any atom is -0.481 e. The van der Waals surface area contributed by atoms with Gasteiger partial charge in [-0.2, -0.15) is 0 Å². The topological polar surface area (TPSA) is 66.4 Å². The smallest absolute Gasteiger partial charge is 0.305 e. The first-order chi connectivity index (χ1) is 9.15. The van der Waals surface area contributed by atoms with Crippen molar-refractivity contribution >= 4 is 27.8 Å². The van der Waals surface area contributed by atoms with Gasteiger partial charge >= 0.3 is 5.97 Å². The number of rotatable bonds is 5. The molecular weight excluding hydrogens is 322 g/mol. The van der Waals surface area contributed by atoms with E-state index >= 15 is 0 Å². The fraction of sp³-hybridized carbons (Fsp3) is 0.467. The summed E-state index contributed by atoms with van der Waals surface area (Å²) in [6.07, 6.45) is -0.105. The van der Waals surface area contributed by atoms with Gasteiger partial charge in [-0.25, -0.2) is 0 Å². The monoisotopic (exact) mass is 341 g/mol. The molecule has 0 aliphatic heterocycles. The summed E-state index contributed by atoms with van der Waals surface area (Å²) in [6, 6.07) is 5.31. The van der Waals surface area contributed by atoms with Crippen LogP contribution in [0.25, 0.3) is 0 Å². The summed E-state index contributed by atoms with van der Waals surface area (Å²) in [4.78, 5) is 23.3. The summed E-state index contributed by atoms with van der Waals surface area (Å²) in [7, 11) is 0. The number of halogens is 1. The molecule has 1 atom stereocenters. The fourth-order valence-electron chi connectivity index (χ4n) is 1.82. The van der Waals surface area contributed by atoms with Gasteiger partial charge in [-0.15, -0.1) is 0 Å². The standard InChI is InChI=1S/C15H20BrNO3/c1-9(2)15(4,8-13(18)19)17-14(20)11-5-6-12(16)10(3)7-11/h5-7,9H,8H2,1-4H3,(H,17,20)(H,18,19). The molecule has 0 fully saturated rings. The maximum absolute atomic E-state index is 12.3. The van der Waals surface area contributed by atoms with E-state index in [0.29, 0.717) is 5.56 Å². The maximum atomic E-state index is 12.3. The van der Waals surface area contributed by atoms with E-state index in [1.165, 1.54) is 0 Å². The van der Waals surface area contributed by atoms with Crippen molar-refractivity contribution in [3.05, 3.63) is 33.8 Å². The number of carboxylic acid groups (broad SMARTS) is 1. The van der Waals surface area contributed by atoms with Crippen LogP contribution in [0.15, 0.2) is 22.7 Å². The molecule has 5 heteroatoms. The highest BCUT2D eigenvalue weighted by molar-refractivity contribution is 9.10. The minimum atomic E-state index is -0.923. The predicted molar refractivity (Wildman–Crippen MR) is 81.8 cm³/mol. The first-order valence-corrected chi connectivity index (χ1v) is 7.25. The number of amides is 1. The number of hydrogen-bond donors (Lipinski definition) is 2. The summed E-state index contributed by atoms with van der Waals surface area (Å²) < 4.78 is 0.936. The van der Waals surface area contributed by atoms with Gasteiger partial charge in [0.1, 0.15) is 0 Å². The molecule has 1 aromatic carbocycles. The van der Waals surface area contributed by atoms with Crippen LogP contribution in [0.3, 0.4) is 0 Å². The Bertz CT molecular complexity index is 528. The van der Waals surface area contributed by atoms with Crippen molar-refractivity contribution in [2.75, 3.05) is 0 Å². The summed E-state index contributed by atoms with van der Waals surface area (Å²) in [5, 5.41) is 11.9. The number of nitrogens with one attached hydrogen (secondary N) is 1. The summed E-state index contributed by atoms with van der Waals surface area (Å²) in [5.41, 5.74) is 0.717. The lowest BCUT2D eigenvalue weighted by Gasteiger charge is -2.33. The van der Waals surface area contributed by atoms with Crippen LogP contribution >= 0.6 is 15.9 Å². The number of carboxylic acids is 1. The number of hydrogen-bond acceptors (Lipinski definition) is 2. The molecule has 1 unspecified atom stereocenters. The van der Waals surface area contributed by atoms with Crippen molar-refractivity contribution in [3.63, 3.8) is 0 Å². The van der Waals surface area contributed by atoms with E-state index in [1.54, 1.807) is 19.1 Å². The Morgan fingerprint density at radius 2 is 2.00 bits per heavy atom. The van der Waals surface area contributed by atoms with Gasteiger partial charge in [-0.1, -0.05) is 29.8 Å². The van der Waals surface area contributed by atoms with Gasteiger partial charge in [0.2, 0.25) is 0 Å². The van der Waals surface area contributed by atoms with Crippen LogP contribution in [0.4, 0.5) is 0 Å². The van der Waals surface area contributed by atoms with Crippen molar-refractivity contribution in [1.29, 1.82) is 0 Å². The van der Waals surface area contributed by atoms with Gasteiger partial charge in [-0.05, 0) is 43.5 Å². The molecule has 0 saturated heterocycles. The lowest BCUT2D eigenvalue weighted by atomic mass is 9.85. The van der Waals surface area contributed by atoms with Gasteiger partial charge in [0.05, 0.1) is 12.0 Å². The van der Waals surface area contributed by atoms with Gasteiger partial charge in [-0.3, -0.25) is 9.59 Å². The summed E-state index contributed by atoms with van der Waals surface area (Å²) >= 11 is 3.39. The zero-order chi connectivity index (χ0) is 15.5. The van der Waals surface area contributed by atoms with Crippen molar-refractivity contribution in [2.24, 2.45) is 5.92 Å². The Morgan fingerprint density at radius 3 is 2.45 bits per heavy atom. The van der Waals surface area contributed by atoms with E-state index in [1.807, 2.05) is 26.8 Å². The predicted octanol–water partition coefficient (Wildman–Crippen LogP) is 3.38. The normalized spacial score (nSPS) is 13.9. The van der Waals surface area contributed by atoms with Crippen LogP contribution in [-0.4, -0.2) is 22.5 Å². The molecule has 110 valence electrons. The number of aryl methyl sites for hydroxylation is 1. The number of benzene rings is 1. The zero-order valence-corrected chi connectivity index (χ0v) is 13.7. The molecular formula is C15H20BrNO3. The lowest BCUT2D eigenvalue weighted by molar-refractivity contribution is -0.138. The third kappa shape index (κ3) is 4.07. The van der Waals surface area contributed by atoms with E-state index in [0.717, 1.165) is 10.0 Å². The van der Waals surface area contributed by atoms with E-state index in [4.69, 9.17) is 5.11 Å². The van der Waals surface area contributed by atoms with Crippen LogP contribution in [0.5, 0.6) is 0 Å². The quantitative estimate of drug-likeness (QED) is 0.862. The van der Waals surface area contributed by atoms with Crippen LogP contribution < -0.4 is 5.32 Å². The molecule has 0 heterocycles. The highest BCUT2D eigenvalue weighted by Crippen LogP contribution is 2.22. The molecule has 0 saturated carbocycles. The van der Waals surface area contributed by atoms with Crippen molar-refractivity contribution in [1.82, 2.24) is 5.32 Å². The Morgan fingerprint density at radius 1 is 1.40 bits per heavy atom. The second-order valence-electron chi connectivity index (χ2n) is 5.56. The molecule has 0 aromatic heterocycles. The van der Waals surface area contributed by atoms with Crippen molar-refractivity contribution < 1.29 is 14.7 Å². The fourth-order valence-corrected chi connectivity index (χ4v) is 2.07. The van der Waals surface area contributed by atoms with E-state index in [2.05, 4.69) is 21.2 Å². The molecule has 1 aromatic rings. The summed E-state index contributed by atoms with van der Waals surface area (Å²) in [5.74, 6) is -1.16. The Balaban J connectivity index is 2.96. The number of carbonyl (C=O) groups is 2. The molecule has 4 nitrogen and oxygen atoms in total. The molecule has 2 N–H and O–H groups in total. The highest BCUT2D eigenvalue weighted by Gasteiger charge is 2.33. The van der Waals surface area contributed by atoms with Crippen molar-refractivity contribution in [3.8, 4) is 0 Å². The van der Waals surface area contributed by atoms with Crippen molar-refractivity contribution in [2.45, 2.75) is 39.7 Å². The molecule has 1 amide bonds. The average molecular weight is 342 g/mol. The maximum Gasteiger partial charge on any atom is 0.305 e. The number of aliphatic carboxylic acids is 1. The third-order valence-electron chi connectivity index (χ3n) is 3.61. The largest absolute Gasteiger partial charge is 0.481 e. The van der Waals surface area contributed by atoms with Crippen LogP contribution in [0, 0.1) is 12.8 Å².